The van der Waals surface area contributed by atoms with E-state index in [2.05, 4.69) is 73.0 Å². The molecule has 0 aromatic rings. The molecule has 0 aliphatic heterocycles. The summed E-state index contributed by atoms with van der Waals surface area (Å²) in [7, 11) is 3.63. The molecule has 122 valence electrons. The van der Waals surface area contributed by atoms with Gasteiger partial charge in [0, 0.05) is 0 Å². The van der Waals surface area contributed by atoms with Gasteiger partial charge >= 0.3 is 77.8 Å². The van der Waals surface area contributed by atoms with Gasteiger partial charge in [-0.3, -0.25) is 0 Å². The van der Waals surface area contributed by atoms with Gasteiger partial charge in [0.2, 0.25) is 0 Å². The average molecular weight is 368 g/mol. The number of hydrogen-bond acceptors (Lipinski definition) is 2. The van der Waals surface area contributed by atoms with Gasteiger partial charge in [-0.15, -0.1) is 6.04 Å². The van der Waals surface area contributed by atoms with Crippen LogP contribution in [-0.4, -0.2) is 37.8 Å². The SMILES string of the molecule is CC(C)(C)[N]=[Mo+2]=[N]C(C)(C)C.CC[N-]C.C[N-]C(C)C. The van der Waals surface area contributed by atoms with E-state index in [0.717, 1.165) is 6.54 Å². The first-order chi connectivity index (χ1) is 8.89. The van der Waals surface area contributed by atoms with Gasteiger partial charge in [-0.1, -0.05) is 20.8 Å². The molecule has 20 heavy (non-hydrogen) atoms. The molecule has 0 aromatic carbocycles. The molecular formula is C15H36MoN4. The van der Waals surface area contributed by atoms with Gasteiger partial charge in [0.25, 0.3) is 0 Å². The fourth-order valence-corrected chi connectivity index (χ4v) is 1.57. The van der Waals surface area contributed by atoms with Crippen molar-refractivity contribution in [2.45, 2.75) is 79.4 Å². The van der Waals surface area contributed by atoms with Crippen LogP contribution in [0.25, 0.3) is 10.6 Å². The maximum atomic E-state index is 4.51. The topological polar surface area (TPSA) is 52.9 Å². The van der Waals surface area contributed by atoms with Gasteiger partial charge in [-0.2, -0.15) is 20.6 Å². The Labute approximate surface area is 136 Å². The molecule has 0 N–H and O–H groups in total. The number of nitrogens with zero attached hydrogens (tertiary/aromatic N) is 4. The molecule has 0 bridgehead atoms. The van der Waals surface area contributed by atoms with Crippen molar-refractivity contribution in [2.75, 3.05) is 20.6 Å². The normalized spacial score (nSPS) is 10.6. The van der Waals surface area contributed by atoms with E-state index < -0.39 is 18.2 Å². The monoisotopic (exact) mass is 370 g/mol. The van der Waals surface area contributed by atoms with Crippen molar-refractivity contribution >= 4 is 0 Å². The first-order valence-corrected chi connectivity index (χ1v) is 8.94. The molecule has 0 heterocycles. The molecule has 0 radical (unpaired) electrons. The molecule has 0 saturated heterocycles. The van der Waals surface area contributed by atoms with E-state index in [9.17, 15) is 0 Å². The van der Waals surface area contributed by atoms with E-state index in [-0.39, 0.29) is 11.1 Å². The molecule has 0 aliphatic rings. The van der Waals surface area contributed by atoms with Gasteiger partial charge in [-0.25, -0.2) is 0 Å². The second-order valence-electron chi connectivity index (χ2n) is 6.59. The Bertz CT molecular complexity index is 236. The molecule has 0 aliphatic carbocycles. The maximum Gasteiger partial charge on any atom is -0.0818 e. The second kappa shape index (κ2) is 14.2. The molecule has 0 atom stereocenters. The van der Waals surface area contributed by atoms with Crippen LogP contribution in [-0.2, 0) is 18.2 Å². The summed E-state index contributed by atoms with van der Waals surface area (Å²) in [5, 5.41) is 7.62. The van der Waals surface area contributed by atoms with Crippen LogP contribution in [0.4, 0.5) is 0 Å². The van der Waals surface area contributed by atoms with Gasteiger partial charge in [0.05, 0.1) is 0 Å². The van der Waals surface area contributed by atoms with Gasteiger partial charge in [0.1, 0.15) is 0 Å². The Balaban J connectivity index is -0.000000266. The zero-order chi connectivity index (χ0) is 16.8. The van der Waals surface area contributed by atoms with Crippen molar-refractivity contribution < 1.29 is 18.2 Å². The molecule has 0 amide bonds. The Morgan fingerprint density at radius 1 is 0.900 bits per heavy atom. The van der Waals surface area contributed by atoms with E-state index in [1.807, 2.05) is 14.0 Å². The summed E-state index contributed by atoms with van der Waals surface area (Å²) in [6, 6.07) is 0.509. The van der Waals surface area contributed by atoms with Crippen molar-refractivity contribution in [1.82, 2.24) is 0 Å². The Morgan fingerprint density at radius 3 is 1.25 bits per heavy atom. The van der Waals surface area contributed by atoms with Gasteiger partial charge in [0.15, 0.2) is 0 Å². The van der Waals surface area contributed by atoms with E-state index >= 15 is 0 Å². The summed E-state index contributed by atoms with van der Waals surface area (Å²) in [6.07, 6.45) is 0. The van der Waals surface area contributed by atoms with Crippen LogP contribution in [0.2, 0.25) is 0 Å². The van der Waals surface area contributed by atoms with E-state index in [0.29, 0.717) is 6.04 Å². The van der Waals surface area contributed by atoms with Crippen LogP contribution < -0.4 is 0 Å². The first-order valence-electron chi connectivity index (χ1n) is 7.14. The molecule has 0 saturated carbocycles. The minimum absolute atomic E-state index is 0.108. The molecule has 0 spiro atoms. The van der Waals surface area contributed by atoms with Crippen LogP contribution in [0.3, 0.4) is 0 Å². The first kappa shape index (κ1) is 25.2. The summed E-state index contributed by atoms with van der Waals surface area (Å²) in [6.45, 7) is 19.8. The molecular weight excluding hydrogens is 332 g/mol. The third kappa shape index (κ3) is 42.9. The zero-order valence-electron chi connectivity index (χ0n) is 15.5. The van der Waals surface area contributed by atoms with Crippen molar-refractivity contribution in [3.8, 4) is 0 Å². The fraction of sp³-hybridized carbons (Fsp3) is 1.00. The van der Waals surface area contributed by atoms with Crippen LogP contribution in [0.15, 0.2) is 6.99 Å². The minimum atomic E-state index is -0.473. The minimum Gasteiger partial charge on any atom is -0.665 e. The third-order valence-electron chi connectivity index (χ3n) is 1.46. The Hall–Kier alpha value is 0.208. The Morgan fingerprint density at radius 2 is 1.15 bits per heavy atom. The zero-order valence-corrected chi connectivity index (χ0v) is 17.5. The van der Waals surface area contributed by atoms with E-state index in [1.54, 1.807) is 7.05 Å². The predicted molar refractivity (Wildman–Crippen MR) is 88.6 cm³/mol. The molecule has 0 unspecified atom stereocenters. The molecule has 5 heteroatoms. The van der Waals surface area contributed by atoms with Crippen molar-refractivity contribution in [2.24, 2.45) is 6.99 Å². The van der Waals surface area contributed by atoms with Gasteiger partial charge < -0.3 is 10.6 Å². The summed E-state index contributed by atoms with van der Waals surface area (Å²) in [5.41, 5.74) is 0.216. The molecule has 0 aromatic heterocycles. The van der Waals surface area contributed by atoms with Crippen molar-refractivity contribution in [3.63, 3.8) is 0 Å². The maximum absolute atomic E-state index is 4.51. The summed E-state index contributed by atoms with van der Waals surface area (Å²) in [5.74, 6) is 0. The molecule has 0 rings (SSSR count). The van der Waals surface area contributed by atoms with Crippen LogP contribution in [0, 0.1) is 0 Å². The molecule has 4 nitrogen and oxygen atoms in total. The van der Waals surface area contributed by atoms with Gasteiger partial charge in [-0.05, 0) is 0 Å². The number of hydrogen-bond donors (Lipinski definition) is 0. The van der Waals surface area contributed by atoms with Crippen LogP contribution in [0.1, 0.15) is 62.3 Å². The summed E-state index contributed by atoms with van der Waals surface area (Å²) >= 11 is -0.473. The summed E-state index contributed by atoms with van der Waals surface area (Å²) < 4.78 is 9.01. The Kier molecular flexibility index (Phi) is 17.8. The second-order valence-corrected chi connectivity index (χ2v) is 7.89. The van der Waals surface area contributed by atoms with E-state index in [4.69, 9.17) is 0 Å². The van der Waals surface area contributed by atoms with E-state index in [1.165, 1.54) is 0 Å². The van der Waals surface area contributed by atoms with Crippen LogP contribution >= 0.6 is 0 Å². The third-order valence-corrected chi connectivity index (χ3v) is 4.56. The predicted octanol–water partition coefficient (Wildman–Crippen LogP) is 5.44. The van der Waals surface area contributed by atoms with Crippen molar-refractivity contribution in [3.05, 3.63) is 10.6 Å². The van der Waals surface area contributed by atoms with Crippen molar-refractivity contribution in [1.29, 1.82) is 0 Å². The number of rotatable bonds is 2. The summed E-state index contributed by atoms with van der Waals surface area (Å²) in [4.78, 5) is 0. The average Bonchev–Trinajstić information content (AvgIpc) is 2.26. The van der Waals surface area contributed by atoms with Crippen LogP contribution in [0.5, 0.6) is 0 Å². The fourth-order valence-electron chi connectivity index (χ4n) is 0.265. The largest absolute Gasteiger partial charge is 0.665 e. The standard InChI is InChI=1S/C4H10N.2C4H9N.C3H8N.Mo/c1-4(2)5-3;2*1-4(2,3)5;1-3-4-2;/h4H,1-3H3;2*1-3H3;3H2,1-2H3;/q-1;;;-1;+2. The quantitative estimate of drug-likeness (QED) is 0.583. The molecule has 0 fully saturated rings. The smallest absolute Gasteiger partial charge is 0.0818 e.